The lowest BCUT2D eigenvalue weighted by molar-refractivity contribution is -0.158. The van der Waals surface area contributed by atoms with E-state index >= 15 is 0 Å². The molecule has 0 saturated carbocycles. The third-order valence-electron chi connectivity index (χ3n) is 6.55. The Kier molecular flexibility index (Phi) is 10.2. The second kappa shape index (κ2) is 13.3. The number of nitrogens with one attached hydrogen (secondary N) is 1. The fourth-order valence-electron chi connectivity index (χ4n) is 4.66. The predicted molar refractivity (Wildman–Crippen MR) is 139 cm³/mol. The van der Waals surface area contributed by atoms with Gasteiger partial charge in [-0.3, -0.25) is 14.4 Å². The lowest BCUT2D eigenvalue weighted by Gasteiger charge is -2.29. The molecular weight excluding hydrogens is 490 g/mol. The molecule has 2 aliphatic heterocycles. The maximum Gasteiger partial charge on any atom is 0.329 e. The van der Waals surface area contributed by atoms with E-state index in [9.17, 15) is 24.3 Å². The summed E-state index contributed by atoms with van der Waals surface area (Å²) >= 11 is 0. The molecule has 2 N–H and O–H groups in total. The van der Waals surface area contributed by atoms with Crippen molar-refractivity contribution in [2.45, 2.75) is 71.6 Å². The molecule has 38 heavy (non-hydrogen) atoms. The van der Waals surface area contributed by atoms with Crippen LogP contribution in [0.25, 0.3) is 0 Å². The van der Waals surface area contributed by atoms with Crippen LogP contribution in [0.15, 0.2) is 46.6 Å². The number of esters is 1. The first-order chi connectivity index (χ1) is 18.0. The average Bonchev–Trinajstić information content (AvgIpc) is 3.52. The molecule has 4 atom stereocenters. The summed E-state index contributed by atoms with van der Waals surface area (Å²) in [6.45, 7) is 8.16. The van der Waals surface area contributed by atoms with Gasteiger partial charge in [0.2, 0.25) is 11.8 Å². The first-order valence-corrected chi connectivity index (χ1v) is 13.0. The van der Waals surface area contributed by atoms with Crippen molar-refractivity contribution in [2.75, 3.05) is 13.1 Å². The van der Waals surface area contributed by atoms with Crippen molar-refractivity contribution >= 4 is 23.6 Å². The lowest BCUT2D eigenvalue weighted by Crippen LogP contribution is -2.44. The Labute approximate surface area is 222 Å². The maximum absolute atomic E-state index is 13.2. The largest absolute Gasteiger partial charge is 0.460 e. The molecule has 2 bridgehead atoms. The summed E-state index contributed by atoms with van der Waals surface area (Å²) in [6.07, 6.45) is 8.62. The number of ether oxygens (including phenoxy) is 1. The molecule has 10 nitrogen and oxygen atoms in total. The standard InChI is InChI=1S/C28H37N3O7/c1-17(2)26-19(4)9-10-24(34)29-11-5-7-18(3)13-20(32)14-21(33)15-25-30-22(16-37-25)27(35)31-12-6-8-23(31)28(36)38-26/h5,7,9-10,13,16-17,19-20,23,26,32H,6,8,11-12,14-15H2,1-4H3,(H,29,34)/b7-5+,10-9+,18-13+/t19-,20-,23?,26-/m1/s1. The van der Waals surface area contributed by atoms with Crippen molar-refractivity contribution in [3.8, 4) is 0 Å². The van der Waals surface area contributed by atoms with Gasteiger partial charge in [0.05, 0.1) is 12.5 Å². The maximum atomic E-state index is 13.2. The molecule has 3 rings (SSSR count). The van der Waals surface area contributed by atoms with Crippen molar-refractivity contribution in [1.29, 1.82) is 0 Å². The lowest BCUT2D eigenvalue weighted by atomic mass is 9.94. The molecule has 2 amide bonds. The Morgan fingerprint density at radius 1 is 1.18 bits per heavy atom. The number of cyclic esters (lactones) is 1. The number of allylic oxidation sites excluding steroid dienone is 2. The van der Waals surface area contributed by atoms with Gasteiger partial charge < -0.3 is 24.5 Å². The van der Waals surface area contributed by atoms with Gasteiger partial charge in [-0.15, -0.1) is 0 Å². The number of aliphatic hydroxyl groups excluding tert-OH is 1. The Balaban J connectivity index is 1.85. The van der Waals surface area contributed by atoms with E-state index in [1.807, 2.05) is 20.8 Å². The van der Waals surface area contributed by atoms with E-state index in [1.165, 1.54) is 17.2 Å². The Hall–Kier alpha value is -3.53. The van der Waals surface area contributed by atoms with Gasteiger partial charge in [0.1, 0.15) is 24.2 Å². The van der Waals surface area contributed by atoms with E-state index < -0.39 is 30.1 Å². The first-order valence-electron chi connectivity index (χ1n) is 13.0. The zero-order valence-corrected chi connectivity index (χ0v) is 22.4. The molecule has 206 valence electrons. The molecule has 3 heterocycles. The summed E-state index contributed by atoms with van der Waals surface area (Å²) in [7, 11) is 0. The van der Waals surface area contributed by atoms with Gasteiger partial charge >= 0.3 is 5.97 Å². The van der Waals surface area contributed by atoms with Crippen molar-refractivity contribution in [2.24, 2.45) is 11.8 Å². The molecule has 1 aromatic heterocycles. The number of carbonyl (C=O) groups is 4. The summed E-state index contributed by atoms with van der Waals surface area (Å²) in [4.78, 5) is 56.6. The van der Waals surface area contributed by atoms with Gasteiger partial charge in [0.25, 0.3) is 5.91 Å². The Morgan fingerprint density at radius 3 is 2.68 bits per heavy atom. The van der Waals surface area contributed by atoms with E-state index in [0.717, 1.165) is 5.57 Å². The Bertz CT molecular complexity index is 1120. The first kappa shape index (κ1) is 29.0. The molecule has 0 radical (unpaired) electrons. The zero-order valence-electron chi connectivity index (χ0n) is 22.4. The van der Waals surface area contributed by atoms with Crippen molar-refractivity contribution in [1.82, 2.24) is 15.2 Å². The second-order valence-electron chi connectivity index (χ2n) is 10.2. The van der Waals surface area contributed by atoms with Crippen LogP contribution in [0.4, 0.5) is 0 Å². The molecular formula is C28H37N3O7. The Morgan fingerprint density at radius 2 is 1.95 bits per heavy atom. The van der Waals surface area contributed by atoms with Gasteiger partial charge in [0.15, 0.2) is 5.69 Å². The van der Waals surface area contributed by atoms with Crippen molar-refractivity contribution in [3.63, 3.8) is 0 Å². The summed E-state index contributed by atoms with van der Waals surface area (Å²) in [6, 6.07) is -0.761. The van der Waals surface area contributed by atoms with E-state index in [1.54, 1.807) is 31.2 Å². The summed E-state index contributed by atoms with van der Waals surface area (Å²) in [5.74, 6) is -1.76. The highest BCUT2D eigenvalue weighted by atomic mass is 16.5. The number of amides is 2. The monoisotopic (exact) mass is 527 g/mol. The number of aromatic nitrogens is 1. The molecule has 2 aliphatic rings. The van der Waals surface area contributed by atoms with Crippen LogP contribution in [0.2, 0.25) is 0 Å². The van der Waals surface area contributed by atoms with Gasteiger partial charge in [0, 0.05) is 25.4 Å². The highest BCUT2D eigenvalue weighted by molar-refractivity contribution is 5.95. The van der Waals surface area contributed by atoms with Crippen LogP contribution >= 0.6 is 0 Å². The van der Waals surface area contributed by atoms with Crippen LogP contribution in [-0.2, 0) is 25.5 Å². The number of oxazole rings is 1. The number of hydrogen-bond donors (Lipinski definition) is 2. The highest BCUT2D eigenvalue weighted by Crippen LogP contribution is 2.25. The van der Waals surface area contributed by atoms with E-state index in [4.69, 9.17) is 9.15 Å². The number of hydrogen-bond acceptors (Lipinski definition) is 8. The van der Waals surface area contributed by atoms with E-state index in [2.05, 4.69) is 10.3 Å². The summed E-state index contributed by atoms with van der Waals surface area (Å²) in [5, 5.41) is 13.0. The number of Topliss-reactive ketones (excluding diaryl/α,β-unsaturated/α-hetero) is 1. The number of ketones is 1. The average molecular weight is 528 g/mol. The minimum atomic E-state index is -1.01. The minimum absolute atomic E-state index is 0.00930. The number of rotatable bonds is 1. The third-order valence-corrected chi connectivity index (χ3v) is 6.55. The van der Waals surface area contributed by atoms with Crippen LogP contribution < -0.4 is 5.32 Å². The molecule has 0 aromatic carbocycles. The number of nitrogens with zero attached hydrogens (tertiary/aromatic N) is 2. The fraction of sp³-hybridized carbons (Fsp3) is 0.536. The molecule has 0 aliphatic carbocycles. The van der Waals surface area contributed by atoms with Crippen LogP contribution in [0.5, 0.6) is 0 Å². The predicted octanol–water partition coefficient (Wildman–Crippen LogP) is 2.53. The van der Waals surface area contributed by atoms with Crippen molar-refractivity contribution in [3.05, 3.63) is 53.8 Å². The van der Waals surface area contributed by atoms with E-state index in [-0.39, 0.29) is 54.5 Å². The van der Waals surface area contributed by atoms with Crippen LogP contribution in [-0.4, -0.2) is 69.9 Å². The molecule has 0 spiro atoms. The highest BCUT2D eigenvalue weighted by Gasteiger charge is 2.38. The van der Waals surface area contributed by atoms with Crippen LogP contribution in [0, 0.1) is 11.8 Å². The van der Waals surface area contributed by atoms with Crippen LogP contribution in [0.3, 0.4) is 0 Å². The number of carbonyl (C=O) groups excluding carboxylic acids is 4. The normalized spacial score (nSPS) is 29.7. The molecule has 10 heteroatoms. The fourth-order valence-corrected chi connectivity index (χ4v) is 4.66. The quantitative estimate of drug-likeness (QED) is 0.531. The van der Waals surface area contributed by atoms with Gasteiger partial charge in [-0.2, -0.15) is 0 Å². The second-order valence-corrected chi connectivity index (χ2v) is 10.2. The molecule has 1 unspecified atom stereocenters. The van der Waals surface area contributed by atoms with Gasteiger partial charge in [-0.05, 0) is 31.8 Å². The zero-order chi connectivity index (χ0) is 27.8. The summed E-state index contributed by atoms with van der Waals surface area (Å²) < 4.78 is 11.2. The number of fused-ring (bicyclic) bond motifs is 3. The van der Waals surface area contributed by atoms with Gasteiger partial charge in [-0.25, -0.2) is 9.78 Å². The van der Waals surface area contributed by atoms with Crippen LogP contribution in [0.1, 0.15) is 63.3 Å². The SMILES string of the molecule is CC1=C\[C@@H](O)CC(=O)Cc2nc(co2)C(=O)N2CCCC2C(=O)O[C@H](C(C)C)[C@H](C)/C=C/C(=O)NC\C=C\1. The van der Waals surface area contributed by atoms with Crippen molar-refractivity contribution < 1.29 is 33.4 Å². The smallest absolute Gasteiger partial charge is 0.329 e. The molecule has 1 aromatic rings. The topological polar surface area (TPSA) is 139 Å². The third kappa shape index (κ3) is 7.98. The summed E-state index contributed by atoms with van der Waals surface area (Å²) in [5.41, 5.74) is 0.739. The molecule has 1 saturated heterocycles. The van der Waals surface area contributed by atoms with E-state index in [0.29, 0.717) is 19.4 Å². The molecule has 1 fully saturated rings. The number of aliphatic hydroxyl groups is 1. The minimum Gasteiger partial charge on any atom is -0.460 e. The van der Waals surface area contributed by atoms with Gasteiger partial charge in [-0.1, -0.05) is 50.6 Å².